The minimum Gasteiger partial charge on any atom is -0.258 e. The van der Waals surface area contributed by atoms with Crippen molar-refractivity contribution in [1.29, 1.82) is 0 Å². The van der Waals surface area contributed by atoms with Crippen molar-refractivity contribution in [2.75, 3.05) is 0 Å². The predicted molar refractivity (Wildman–Crippen MR) is 80.7 cm³/mol. The van der Waals surface area contributed by atoms with Gasteiger partial charge in [0.1, 0.15) is 5.69 Å². The van der Waals surface area contributed by atoms with Gasteiger partial charge in [0, 0.05) is 17.7 Å². The molecule has 0 saturated carbocycles. The van der Waals surface area contributed by atoms with Crippen molar-refractivity contribution in [1.82, 2.24) is 9.78 Å². The predicted octanol–water partition coefficient (Wildman–Crippen LogP) is 4.10. The first-order valence-electron chi connectivity index (χ1n) is 6.20. The lowest BCUT2D eigenvalue weighted by Gasteiger charge is -2.00. The van der Waals surface area contributed by atoms with Crippen molar-refractivity contribution in [3.05, 3.63) is 75.9 Å². The van der Waals surface area contributed by atoms with Gasteiger partial charge in [-0.2, -0.15) is 5.10 Å². The van der Waals surface area contributed by atoms with Gasteiger partial charge in [0.2, 0.25) is 0 Å². The third-order valence-corrected chi connectivity index (χ3v) is 3.32. The molecule has 0 bridgehead atoms. The van der Waals surface area contributed by atoms with Crippen LogP contribution in [0.2, 0.25) is 5.02 Å². The Labute approximate surface area is 125 Å². The zero-order valence-electron chi connectivity index (χ0n) is 10.8. The van der Waals surface area contributed by atoms with Crippen molar-refractivity contribution < 1.29 is 4.92 Å². The van der Waals surface area contributed by atoms with E-state index in [1.165, 1.54) is 12.1 Å². The quantitative estimate of drug-likeness (QED) is 0.540. The topological polar surface area (TPSA) is 61.0 Å². The molecular weight excluding hydrogens is 290 g/mol. The monoisotopic (exact) mass is 299 g/mol. The normalized spacial score (nSPS) is 10.5. The highest BCUT2D eigenvalue weighted by atomic mass is 35.5. The van der Waals surface area contributed by atoms with E-state index in [0.29, 0.717) is 10.7 Å². The van der Waals surface area contributed by atoms with Crippen molar-refractivity contribution in [2.45, 2.75) is 0 Å². The maximum absolute atomic E-state index is 10.7. The van der Waals surface area contributed by atoms with E-state index >= 15 is 0 Å². The van der Waals surface area contributed by atoms with Crippen molar-refractivity contribution in [2.24, 2.45) is 0 Å². The van der Waals surface area contributed by atoms with Crippen LogP contribution in [-0.4, -0.2) is 14.7 Å². The summed E-state index contributed by atoms with van der Waals surface area (Å²) in [6.07, 6.45) is 1.72. The summed E-state index contributed by atoms with van der Waals surface area (Å²) >= 11 is 6.21. The molecule has 0 aliphatic rings. The Morgan fingerprint density at radius 1 is 1.05 bits per heavy atom. The minimum absolute atomic E-state index is 0.0392. The molecule has 104 valence electrons. The van der Waals surface area contributed by atoms with Crippen LogP contribution in [0, 0.1) is 10.1 Å². The zero-order chi connectivity index (χ0) is 14.8. The first kappa shape index (κ1) is 13.3. The van der Waals surface area contributed by atoms with Crippen LogP contribution in [0.1, 0.15) is 0 Å². The molecule has 3 rings (SSSR count). The highest BCUT2D eigenvalue weighted by Gasteiger charge is 2.12. The first-order chi connectivity index (χ1) is 10.1. The standard InChI is InChI=1S/C15H10ClN3O2/c16-14-10-18(12-4-2-1-3-5-12)17-15(14)11-6-8-13(9-7-11)19(20)21/h1-10H. The van der Waals surface area contributed by atoms with Crippen LogP contribution >= 0.6 is 11.6 Å². The number of non-ortho nitro benzene ring substituents is 1. The van der Waals surface area contributed by atoms with Gasteiger partial charge in [0.25, 0.3) is 5.69 Å². The van der Waals surface area contributed by atoms with E-state index in [1.807, 2.05) is 30.3 Å². The number of aromatic nitrogens is 2. The second-order valence-electron chi connectivity index (χ2n) is 4.41. The van der Waals surface area contributed by atoms with Gasteiger partial charge in [0.05, 0.1) is 21.8 Å². The number of nitro benzene ring substituents is 1. The largest absolute Gasteiger partial charge is 0.269 e. The fourth-order valence-electron chi connectivity index (χ4n) is 2.00. The molecule has 0 radical (unpaired) electrons. The molecule has 0 unspecified atom stereocenters. The second-order valence-corrected chi connectivity index (χ2v) is 4.82. The summed E-state index contributed by atoms with van der Waals surface area (Å²) in [5.41, 5.74) is 2.26. The van der Waals surface area contributed by atoms with Crippen LogP contribution < -0.4 is 0 Å². The van der Waals surface area contributed by atoms with Gasteiger partial charge in [-0.1, -0.05) is 29.8 Å². The molecule has 0 amide bonds. The number of hydrogen-bond acceptors (Lipinski definition) is 3. The summed E-state index contributed by atoms with van der Waals surface area (Å²) in [5, 5.41) is 15.6. The van der Waals surface area contributed by atoms with Crippen molar-refractivity contribution in [3.63, 3.8) is 0 Å². The third kappa shape index (κ3) is 2.64. The van der Waals surface area contributed by atoms with Gasteiger partial charge in [-0.05, 0) is 24.3 Å². The Bertz CT molecular complexity index is 782. The SMILES string of the molecule is O=[N+]([O-])c1ccc(-c2nn(-c3ccccc3)cc2Cl)cc1. The average Bonchev–Trinajstić information content (AvgIpc) is 2.90. The Balaban J connectivity index is 2.00. The second kappa shape index (κ2) is 5.38. The maximum Gasteiger partial charge on any atom is 0.269 e. The Morgan fingerprint density at radius 3 is 2.33 bits per heavy atom. The lowest BCUT2D eigenvalue weighted by molar-refractivity contribution is -0.384. The van der Waals surface area contributed by atoms with Gasteiger partial charge in [0.15, 0.2) is 0 Å². The number of halogens is 1. The fourth-order valence-corrected chi connectivity index (χ4v) is 2.24. The van der Waals surface area contributed by atoms with Crippen LogP contribution in [0.4, 0.5) is 5.69 Å². The molecular formula is C15H10ClN3O2. The molecule has 0 N–H and O–H groups in total. The van der Waals surface area contributed by atoms with E-state index in [2.05, 4.69) is 5.10 Å². The molecule has 0 fully saturated rings. The van der Waals surface area contributed by atoms with E-state index in [1.54, 1.807) is 23.0 Å². The molecule has 5 nitrogen and oxygen atoms in total. The lowest BCUT2D eigenvalue weighted by atomic mass is 10.1. The van der Waals surface area contributed by atoms with E-state index in [4.69, 9.17) is 11.6 Å². The number of para-hydroxylation sites is 1. The lowest BCUT2D eigenvalue weighted by Crippen LogP contribution is -1.94. The summed E-state index contributed by atoms with van der Waals surface area (Å²) in [7, 11) is 0. The van der Waals surface area contributed by atoms with Crippen molar-refractivity contribution >= 4 is 17.3 Å². The van der Waals surface area contributed by atoms with Gasteiger partial charge >= 0.3 is 0 Å². The molecule has 1 aromatic heterocycles. The van der Waals surface area contributed by atoms with Crippen LogP contribution in [0.3, 0.4) is 0 Å². The number of hydrogen-bond donors (Lipinski definition) is 0. The van der Waals surface area contributed by atoms with Gasteiger partial charge in [-0.15, -0.1) is 0 Å². The van der Waals surface area contributed by atoms with Crippen LogP contribution in [-0.2, 0) is 0 Å². The Hall–Kier alpha value is -2.66. The minimum atomic E-state index is -0.437. The van der Waals surface area contributed by atoms with Crippen LogP contribution in [0.15, 0.2) is 60.8 Å². The fraction of sp³-hybridized carbons (Fsp3) is 0. The molecule has 21 heavy (non-hydrogen) atoms. The molecule has 2 aromatic carbocycles. The van der Waals surface area contributed by atoms with Gasteiger partial charge in [-0.25, -0.2) is 4.68 Å². The summed E-state index contributed by atoms with van der Waals surface area (Å²) in [6.45, 7) is 0. The smallest absolute Gasteiger partial charge is 0.258 e. The molecule has 0 aliphatic heterocycles. The average molecular weight is 300 g/mol. The van der Waals surface area contributed by atoms with E-state index in [-0.39, 0.29) is 5.69 Å². The first-order valence-corrected chi connectivity index (χ1v) is 6.58. The molecule has 0 atom stereocenters. The van der Waals surface area contributed by atoms with Crippen LogP contribution in [0.5, 0.6) is 0 Å². The van der Waals surface area contributed by atoms with E-state index in [9.17, 15) is 10.1 Å². The number of nitro groups is 1. The summed E-state index contributed by atoms with van der Waals surface area (Å²) in [5.74, 6) is 0. The Morgan fingerprint density at radius 2 is 1.71 bits per heavy atom. The Kier molecular flexibility index (Phi) is 3.41. The van der Waals surface area contributed by atoms with E-state index in [0.717, 1.165) is 11.3 Å². The molecule has 6 heteroatoms. The molecule has 3 aromatic rings. The molecule has 0 saturated heterocycles. The summed E-state index contributed by atoms with van der Waals surface area (Å²) in [4.78, 5) is 10.2. The third-order valence-electron chi connectivity index (χ3n) is 3.04. The molecule has 0 aliphatic carbocycles. The highest BCUT2D eigenvalue weighted by Crippen LogP contribution is 2.28. The van der Waals surface area contributed by atoms with Gasteiger partial charge in [-0.3, -0.25) is 10.1 Å². The molecule has 0 spiro atoms. The number of nitrogens with zero attached hydrogens (tertiary/aromatic N) is 3. The number of rotatable bonds is 3. The zero-order valence-corrected chi connectivity index (χ0v) is 11.6. The highest BCUT2D eigenvalue weighted by molar-refractivity contribution is 6.33. The molecule has 1 heterocycles. The van der Waals surface area contributed by atoms with E-state index < -0.39 is 4.92 Å². The maximum atomic E-state index is 10.7. The number of benzene rings is 2. The van der Waals surface area contributed by atoms with Gasteiger partial charge < -0.3 is 0 Å². The van der Waals surface area contributed by atoms with Crippen LogP contribution in [0.25, 0.3) is 16.9 Å². The summed E-state index contributed by atoms with van der Waals surface area (Å²) < 4.78 is 1.68. The van der Waals surface area contributed by atoms with Crippen molar-refractivity contribution in [3.8, 4) is 16.9 Å². The summed E-state index contributed by atoms with van der Waals surface area (Å²) in [6, 6.07) is 15.7.